The molecule has 4 rings (SSSR count). The first-order valence-corrected chi connectivity index (χ1v) is 13.5. The number of rotatable bonds is 10. The summed E-state index contributed by atoms with van der Waals surface area (Å²) in [5.41, 5.74) is 1.82. The van der Waals surface area contributed by atoms with Gasteiger partial charge in [-0.15, -0.1) is 12.3 Å². The fraction of sp³-hybridized carbons (Fsp3) is 0.242. The van der Waals surface area contributed by atoms with Gasteiger partial charge in [0.1, 0.15) is 16.5 Å². The normalized spacial score (nSPS) is 12.2. The number of halogens is 1. The third-order valence-electron chi connectivity index (χ3n) is 6.31. The van der Waals surface area contributed by atoms with E-state index in [1.54, 1.807) is 36.7 Å². The maximum absolute atomic E-state index is 13.3. The summed E-state index contributed by atoms with van der Waals surface area (Å²) in [6.45, 7) is 5.61. The van der Waals surface area contributed by atoms with E-state index in [0.29, 0.717) is 35.2 Å². The van der Waals surface area contributed by atoms with Gasteiger partial charge in [0, 0.05) is 35.1 Å². The van der Waals surface area contributed by atoms with Crippen molar-refractivity contribution in [3.8, 4) is 18.2 Å². The number of imidazole rings is 1. The van der Waals surface area contributed by atoms with E-state index in [1.807, 2.05) is 20.8 Å². The van der Waals surface area contributed by atoms with Crippen LogP contribution in [0.5, 0.6) is 5.88 Å². The van der Waals surface area contributed by atoms with Gasteiger partial charge in [-0.1, -0.05) is 39.0 Å². The van der Waals surface area contributed by atoms with Crippen LogP contribution in [-0.2, 0) is 14.9 Å². The quantitative estimate of drug-likeness (QED) is 0.0964. The lowest BCUT2D eigenvalue weighted by molar-refractivity contribution is -0.150. The minimum absolute atomic E-state index is 0.00282. The lowest BCUT2D eigenvalue weighted by Gasteiger charge is -2.17. The van der Waals surface area contributed by atoms with Gasteiger partial charge in [-0.25, -0.2) is 14.4 Å². The molecule has 2 aromatic carbocycles. The van der Waals surface area contributed by atoms with Crippen LogP contribution in [0.25, 0.3) is 12.2 Å². The number of aromatic amines is 2. The zero-order valence-corrected chi connectivity index (χ0v) is 24.1. The Labute approximate surface area is 247 Å². The van der Waals surface area contributed by atoms with E-state index in [1.165, 1.54) is 30.3 Å². The molecule has 0 aliphatic carbocycles. The topological polar surface area (TPSA) is 127 Å². The summed E-state index contributed by atoms with van der Waals surface area (Å²) in [6.07, 6.45) is 11.0. The highest BCUT2D eigenvalue weighted by Crippen LogP contribution is 2.23. The third-order valence-corrected chi connectivity index (χ3v) is 6.31. The van der Waals surface area contributed by atoms with Gasteiger partial charge < -0.3 is 19.4 Å². The molecule has 2 aromatic heterocycles. The van der Waals surface area contributed by atoms with Gasteiger partial charge in [0.2, 0.25) is 12.7 Å². The molecule has 10 heteroatoms. The van der Waals surface area contributed by atoms with Gasteiger partial charge in [-0.3, -0.25) is 14.4 Å². The van der Waals surface area contributed by atoms with Crippen LogP contribution in [0.3, 0.4) is 0 Å². The molecule has 220 valence electrons. The lowest BCUT2D eigenvalue weighted by Crippen LogP contribution is -2.38. The Morgan fingerprint density at radius 3 is 2.58 bits per heavy atom. The van der Waals surface area contributed by atoms with Crippen LogP contribution in [0, 0.1) is 18.2 Å². The summed E-state index contributed by atoms with van der Waals surface area (Å²) in [6, 6.07) is 11.9. The Kier molecular flexibility index (Phi) is 9.68. The number of carbonyl (C=O) groups excluding carboxylic acids is 2. The van der Waals surface area contributed by atoms with E-state index in [0.717, 1.165) is 5.69 Å². The predicted molar refractivity (Wildman–Crippen MR) is 159 cm³/mol. The minimum atomic E-state index is -0.520. The number of H-pyrrole nitrogens is 2. The molecule has 0 unspecified atom stereocenters. The number of nitrogens with one attached hydrogen (secondary N) is 2. The largest absolute Gasteiger partial charge is 0.438 e. The molecule has 4 aromatic rings. The van der Waals surface area contributed by atoms with E-state index in [4.69, 9.17) is 15.9 Å². The van der Waals surface area contributed by atoms with Crippen molar-refractivity contribution in [1.29, 1.82) is 0 Å². The van der Waals surface area contributed by atoms with Crippen molar-refractivity contribution < 1.29 is 23.5 Å². The van der Waals surface area contributed by atoms with Crippen molar-refractivity contribution in [2.45, 2.75) is 45.4 Å². The fourth-order valence-electron chi connectivity index (χ4n) is 4.17. The molecule has 9 nitrogen and oxygen atoms in total. The molecule has 0 fully saturated rings. The number of benzene rings is 2. The van der Waals surface area contributed by atoms with Gasteiger partial charge in [0.05, 0.1) is 12.0 Å². The number of hydrogen-bond donors (Lipinski definition) is 2. The molecule has 0 saturated heterocycles. The fourth-order valence-corrected chi connectivity index (χ4v) is 4.17. The van der Waals surface area contributed by atoms with E-state index in [-0.39, 0.29) is 34.2 Å². The molecule has 0 aliphatic rings. The minimum Gasteiger partial charge on any atom is -0.438 e. The van der Waals surface area contributed by atoms with Crippen molar-refractivity contribution in [3.63, 3.8) is 0 Å². The van der Waals surface area contributed by atoms with Crippen LogP contribution < -0.4 is 21.0 Å². The first-order valence-electron chi connectivity index (χ1n) is 13.5. The average Bonchev–Trinajstić information content (AvgIpc) is 3.45. The van der Waals surface area contributed by atoms with E-state index < -0.39 is 24.1 Å². The van der Waals surface area contributed by atoms with Crippen LogP contribution in [0.4, 0.5) is 4.39 Å². The zero-order chi connectivity index (χ0) is 31.0. The number of ketones is 1. The monoisotopic (exact) mass is 582 g/mol. The Morgan fingerprint density at radius 2 is 1.86 bits per heavy atom. The van der Waals surface area contributed by atoms with Gasteiger partial charge in [0.15, 0.2) is 5.78 Å². The lowest BCUT2D eigenvalue weighted by atomic mass is 9.90. The molecular weight excluding hydrogens is 551 g/mol. The number of terminal acetylenes is 1. The van der Waals surface area contributed by atoms with Crippen molar-refractivity contribution in [3.05, 3.63) is 110 Å². The number of esters is 1. The van der Waals surface area contributed by atoms with Crippen LogP contribution in [-0.4, -0.2) is 38.5 Å². The summed E-state index contributed by atoms with van der Waals surface area (Å²) in [5, 5.41) is 0.223. The third kappa shape index (κ3) is 8.14. The molecule has 0 amide bonds. The number of nitrogens with zero attached hydrogens (tertiary/aromatic N) is 2. The smallest absolute Gasteiger partial charge is 0.308 e. The predicted octanol–water partition coefficient (Wildman–Crippen LogP) is 3.50. The molecule has 0 saturated carbocycles. The molecule has 43 heavy (non-hydrogen) atoms. The van der Waals surface area contributed by atoms with Crippen molar-refractivity contribution in [1.82, 2.24) is 19.9 Å². The summed E-state index contributed by atoms with van der Waals surface area (Å²) in [7, 11) is 0. The summed E-state index contributed by atoms with van der Waals surface area (Å²) < 4.78 is 24.2. The second-order valence-electron chi connectivity index (χ2n) is 10.7. The summed E-state index contributed by atoms with van der Waals surface area (Å²) in [5.74, 6) is 1.24. The Morgan fingerprint density at radius 1 is 1.09 bits per heavy atom. The highest BCUT2D eigenvalue weighted by molar-refractivity contribution is 6.09. The highest BCUT2D eigenvalue weighted by atomic mass is 19.1. The number of unbranched alkanes of at least 4 members (excludes halogenated alkanes) is 1. The Bertz CT molecular complexity index is 1840. The number of hydrogen-bond acceptors (Lipinski definition) is 7. The molecule has 2 N–H and O–H groups in total. The zero-order valence-electron chi connectivity index (χ0n) is 24.1. The maximum Gasteiger partial charge on any atom is 0.308 e. The van der Waals surface area contributed by atoms with E-state index in [9.17, 15) is 18.8 Å². The van der Waals surface area contributed by atoms with Gasteiger partial charge in [-0.2, -0.15) is 0 Å². The van der Waals surface area contributed by atoms with Crippen molar-refractivity contribution >= 4 is 23.9 Å². The second-order valence-corrected chi connectivity index (χ2v) is 10.7. The van der Waals surface area contributed by atoms with Crippen molar-refractivity contribution in [2.24, 2.45) is 0 Å². The van der Waals surface area contributed by atoms with Crippen LogP contribution >= 0.6 is 0 Å². The molecule has 0 atom stereocenters. The van der Waals surface area contributed by atoms with E-state index >= 15 is 0 Å². The number of carbonyl (C=O) groups is 2. The standard InChI is InChI=1S/C33H31FN4O5/c1-5-6-7-11-28(39)42-20-43-32-27(18-25-30(33(2,3)4)36-19-35-25)37-31(41)26(38-32)17-21-9-8-10-23(16-21)29(40)22-12-14-24(34)15-13-22/h1,8-10,12-19H,6-7,11,20H2,2-4H3,(H,35,36)(H,37,41)/b26-17-,27-18-. The highest BCUT2D eigenvalue weighted by Gasteiger charge is 2.19. The molecule has 2 heterocycles. The van der Waals surface area contributed by atoms with Crippen LogP contribution in [0.1, 0.15) is 72.9 Å². The SMILES string of the molecule is C#CCCCC(=O)OCOc1n/c(=C\c2cccc(C(=O)c3ccc(F)cc3)c2)c(=O)[nH]/c1=C\c1nc[nH]c1C(C)(C)C. The molecule has 0 radical (unpaired) electrons. The average molecular weight is 583 g/mol. The first kappa shape index (κ1) is 30.7. The molecular formula is C33H31FN4O5. The number of aromatic nitrogens is 4. The molecule has 0 aliphatic heterocycles. The second kappa shape index (κ2) is 13.6. The molecule has 0 bridgehead atoms. The molecule has 0 spiro atoms. The van der Waals surface area contributed by atoms with Gasteiger partial charge in [-0.05, 0) is 54.5 Å². The van der Waals surface area contributed by atoms with Crippen molar-refractivity contribution in [2.75, 3.05) is 6.79 Å². The Balaban J connectivity index is 1.71. The van der Waals surface area contributed by atoms with E-state index in [2.05, 4.69) is 25.9 Å². The first-order chi connectivity index (χ1) is 20.5. The maximum atomic E-state index is 13.3. The summed E-state index contributed by atoms with van der Waals surface area (Å²) >= 11 is 0. The Hall–Kier alpha value is -5.30. The van der Waals surface area contributed by atoms with Gasteiger partial charge >= 0.3 is 5.97 Å². The van der Waals surface area contributed by atoms with Crippen LogP contribution in [0.2, 0.25) is 0 Å². The van der Waals surface area contributed by atoms with Gasteiger partial charge in [0.25, 0.3) is 5.56 Å². The van der Waals surface area contributed by atoms with Crippen LogP contribution in [0.15, 0.2) is 59.7 Å². The summed E-state index contributed by atoms with van der Waals surface area (Å²) in [4.78, 5) is 52.8. The number of ether oxygens (including phenoxy) is 2.